The molecule has 1 aliphatic heterocycles. The van der Waals surface area contributed by atoms with Gasteiger partial charge in [-0.15, -0.1) is 0 Å². The number of benzene rings is 1. The topological polar surface area (TPSA) is 29.3 Å². The first-order chi connectivity index (χ1) is 8.20. The van der Waals surface area contributed by atoms with E-state index in [1.807, 2.05) is 0 Å². The van der Waals surface area contributed by atoms with Gasteiger partial charge in [0.25, 0.3) is 0 Å². The van der Waals surface area contributed by atoms with E-state index < -0.39 is 0 Å². The number of hydrogen-bond acceptors (Lipinski definition) is 2. The lowest BCUT2D eigenvalue weighted by Gasteiger charge is -2.21. The lowest BCUT2D eigenvalue weighted by molar-refractivity contribution is 0.260. The van der Waals surface area contributed by atoms with E-state index >= 15 is 0 Å². The summed E-state index contributed by atoms with van der Waals surface area (Å²) in [7, 11) is 0. The second-order valence-electron chi connectivity index (χ2n) is 5.34. The number of likely N-dealkylation sites (tertiary alicyclic amines) is 1. The number of hydrogen-bond donors (Lipinski definition) is 1. The summed E-state index contributed by atoms with van der Waals surface area (Å²) in [5.74, 6) is 0.467. The Labute approximate surface area is 105 Å². The van der Waals surface area contributed by atoms with Crippen LogP contribution in [0.15, 0.2) is 24.3 Å². The molecule has 2 heteroatoms. The van der Waals surface area contributed by atoms with Crippen molar-refractivity contribution in [2.24, 2.45) is 5.73 Å². The molecule has 2 nitrogen and oxygen atoms in total. The minimum Gasteiger partial charge on any atom is -0.330 e. The Morgan fingerprint density at radius 1 is 1.35 bits per heavy atom. The van der Waals surface area contributed by atoms with E-state index in [-0.39, 0.29) is 0 Å². The van der Waals surface area contributed by atoms with Crippen molar-refractivity contribution in [2.45, 2.75) is 45.2 Å². The molecular formula is C15H24N2. The highest BCUT2D eigenvalue weighted by Gasteiger charge is 2.19. The van der Waals surface area contributed by atoms with Gasteiger partial charge in [0.05, 0.1) is 0 Å². The molecule has 0 radical (unpaired) electrons. The Hall–Kier alpha value is -0.860. The molecule has 1 saturated heterocycles. The Morgan fingerprint density at radius 3 is 2.59 bits per heavy atom. The minimum atomic E-state index is 0.467. The molecule has 2 rings (SSSR count). The van der Waals surface area contributed by atoms with E-state index in [4.69, 9.17) is 5.73 Å². The lowest BCUT2D eigenvalue weighted by Crippen LogP contribution is -2.26. The molecule has 1 aliphatic rings. The first-order valence-corrected chi connectivity index (χ1v) is 6.73. The molecule has 2 N–H and O–H groups in total. The van der Waals surface area contributed by atoms with Crippen molar-refractivity contribution in [1.82, 2.24) is 4.90 Å². The molecule has 1 aromatic carbocycles. The highest BCUT2D eigenvalue weighted by Crippen LogP contribution is 2.20. The largest absolute Gasteiger partial charge is 0.330 e. The van der Waals surface area contributed by atoms with Gasteiger partial charge in [-0.2, -0.15) is 0 Å². The first-order valence-electron chi connectivity index (χ1n) is 6.73. The summed E-state index contributed by atoms with van der Waals surface area (Å²) < 4.78 is 0. The van der Waals surface area contributed by atoms with Gasteiger partial charge in [0.1, 0.15) is 0 Å². The third-order valence-electron chi connectivity index (χ3n) is 3.98. The van der Waals surface area contributed by atoms with Gasteiger partial charge in [-0.1, -0.05) is 31.2 Å². The van der Waals surface area contributed by atoms with Crippen LogP contribution in [-0.4, -0.2) is 24.0 Å². The van der Waals surface area contributed by atoms with Crippen molar-refractivity contribution in [3.05, 3.63) is 35.4 Å². The quantitative estimate of drug-likeness (QED) is 0.865. The molecule has 1 aromatic rings. The van der Waals surface area contributed by atoms with Crippen LogP contribution in [0, 0.1) is 0 Å². The minimum absolute atomic E-state index is 0.467. The smallest absolute Gasteiger partial charge is 0.0236 e. The highest BCUT2D eigenvalue weighted by atomic mass is 15.2. The maximum absolute atomic E-state index is 5.68. The molecule has 1 fully saturated rings. The Bertz CT molecular complexity index is 344. The van der Waals surface area contributed by atoms with Gasteiger partial charge in [0.2, 0.25) is 0 Å². The normalized spacial score (nSPS) is 22.9. The molecule has 1 heterocycles. The molecule has 0 aromatic heterocycles. The van der Waals surface area contributed by atoms with Gasteiger partial charge >= 0.3 is 0 Å². The zero-order valence-electron chi connectivity index (χ0n) is 11.0. The van der Waals surface area contributed by atoms with Crippen LogP contribution in [0.4, 0.5) is 0 Å². The molecule has 0 spiro atoms. The third kappa shape index (κ3) is 3.08. The molecule has 2 unspecified atom stereocenters. The molecular weight excluding hydrogens is 208 g/mol. The zero-order valence-corrected chi connectivity index (χ0v) is 11.0. The molecule has 94 valence electrons. The van der Waals surface area contributed by atoms with Crippen molar-refractivity contribution in [3.8, 4) is 0 Å². The highest BCUT2D eigenvalue weighted by molar-refractivity contribution is 5.25. The average molecular weight is 232 g/mol. The summed E-state index contributed by atoms with van der Waals surface area (Å²) in [5, 5.41) is 0. The van der Waals surface area contributed by atoms with Crippen molar-refractivity contribution in [3.63, 3.8) is 0 Å². The van der Waals surface area contributed by atoms with Gasteiger partial charge in [0, 0.05) is 12.6 Å². The van der Waals surface area contributed by atoms with Crippen molar-refractivity contribution in [1.29, 1.82) is 0 Å². The van der Waals surface area contributed by atoms with Gasteiger partial charge in [-0.3, -0.25) is 4.90 Å². The molecule has 0 aliphatic carbocycles. The number of nitrogens with zero attached hydrogens (tertiary/aromatic N) is 1. The van der Waals surface area contributed by atoms with Crippen LogP contribution >= 0.6 is 0 Å². The summed E-state index contributed by atoms with van der Waals surface area (Å²) in [5.41, 5.74) is 8.46. The van der Waals surface area contributed by atoms with Crippen LogP contribution in [0.2, 0.25) is 0 Å². The second-order valence-corrected chi connectivity index (χ2v) is 5.34. The maximum Gasteiger partial charge on any atom is 0.0236 e. The first kappa shape index (κ1) is 12.6. The van der Waals surface area contributed by atoms with Crippen LogP contribution in [0.3, 0.4) is 0 Å². The second kappa shape index (κ2) is 5.65. The molecule has 2 atom stereocenters. The van der Waals surface area contributed by atoms with E-state index in [9.17, 15) is 0 Å². The van der Waals surface area contributed by atoms with Crippen LogP contribution in [0.5, 0.6) is 0 Å². The zero-order chi connectivity index (χ0) is 12.3. The fourth-order valence-corrected chi connectivity index (χ4v) is 2.55. The van der Waals surface area contributed by atoms with Crippen molar-refractivity contribution < 1.29 is 0 Å². The fourth-order valence-electron chi connectivity index (χ4n) is 2.55. The summed E-state index contributed by atoms with van der Waals surface area (Å²) in [6, 6.07) is 9.72. The molecule has 0 saturated carbocycles. The Balaban J connectivity index is 1.98. The van der Waals surface area contributed by atoms with E-state index in [2.05, 4.69) is 43.0 Å². The monoisotopic (exact) mass is 232 g/mol. The van der Waals surface area contributed by atoms with Crippen molar-refractivity contribution >= 4 is 0 Å². The average Bonchev–Trinajstić information content (AvgIpc) is 2.75. The third-order valence-corrected chi connectivity index (χ3v) is 3.98. The van der Waals surface area contributed by atoms with Crippen LogP contribution in [0.1, 0.15) is 43.7 Å². The standard InChI is InChI=1S/C15H24N2/c1-12(10-16)15-7-5-14(6-8-15)11-17-9-3-4-13(17)2/h5-8,12-13H,3-4,9-11,16H2,1-2H3. The Morgan fingerprint density at radius 2 is 2.06 bits per heavy atom. The number of nitrogens with two attached hydrogens (primary N) is 1. The lowest BCUT2D eigenvalue weighted by atomic mass is 10.00. The molecule has 17 heavy (non-hydrogen) atoms. The Kier molecular flexibility index (Phi) is 4.19. The van der Waals surface area contributed by atoms with Crippen LogP contribution in [-0.2, 0) is 6.54 Å². The number of rotatable bonds is 4. The van der Waals surface area contributed by atoms with E-state index in [1.54, 1.807) is 0 Å². The van der Waals surface area contributed by atoms with Crippen LogP contribution in [0.25, 0.3) is 0 Å². The van der Waals surface area contributed by atoms with Gasteiger partial charge in [-0.05, 0) is 49.9 Å². The predicted octanol–water partition coefficient (Wildman–Crippen LogP) is 2.73. The van der Waals surface area contributed by atoms with Gasteiger partial charge < -0.3 is 5.73 Å². The summed E-state index contributed by atoms with van der Waals surface area (Å²) in [6.45, 7) is 7.58. The van der Waals surface area contributed by atoms with E-state index in [0.717, 1.165) is 19.1 Å². The summed E-state index contributed by atoms with van der Waals surface area (Å²) in [4.78, 5) is 2.57. The fraction of sp³-hybridized carbons (Fsp3) is 0.600. The SMILES string of the molecule is CC(CN)c1ccc(CN2CCCC2C)cc1. The van der Waals surface area contributed by atoms with Crippen LogP contribution < -0.4 is 5.73 Å². The van der Waals surface area contributed by atoms with Gasteiger partial charge in [0.15, 0.2) is 0 Å². The van der Waals surface area contributed by atoms with E-state index in [1.165, 1.54) is 30.5 Å². The maximum atomic E-state index is 5.68. The predicted molar refractivity (Wildman–Crippen MR) is 73.0 cm³/mol. The summed E-state index contributed by atoms with van der Waals surface area (Å²) >= 11 is 0. The molecule has 0 bridgehead atoms. The summed E-state index contributed by atoms with van der Waals surface area (Å²) in [6.07, 6.45) is 2.70. The van der Waals surface area contributed by atoms with E-state index in [0.29, 0.717) is 5.92 Å². The molecule has 0 amide bonds. The van der Waals surface area contributed by atoms with Gasteiger partial charge in [-0.25, -0.2) is 0 Å². The van der Waals surface area contributed by atoms with Crippen molar-refractivity contribution in [2.75, 3.05) is 13.1 Å².